The number of esters is 1. The van der Waals surface area contributed by atoms with Gasteiger partial charge in [-0.1, -0.05) is 25.1 Å². The SMILES string of the molecule is CCCCOC(=O)c1ccc(NC(=O)CN2CCSC2=O)cc1. The van der Waals surface area contributed by atoms with Crippen molar-refractivity contribution in [2.24, 2.45) is 0 Å². The number of unbranched alkanes of at least 4 members (excludes halogenated alkanes) is 1. The van der Waals surface area contributed by atoms with E-state index in [-0.39, 0.29) is 23.7 Å². The topological polar surface area (TPSA) is 75.7 Å². The molecule has 0 atom stereocenters. The van der Waals surface area contributed by atoms with Crippen molar-refractivity contribution in [2.75, 3.05) is 30.8 Å². The van der Waals surface area contributed by atoms with E-state index in [4.69, 9.17) is 4.74 Å². The zero-order chi connectivity index (χ0) is 16.7. The van der Waals surface area contributed by atoms with Gasteiger partial charge in [-0.05, 0) is 30.7 Å². The number of nitrogens with one attached hydrogen (secondary N) is 1. The van der Waals surface area contributed by atoms with Gasteiger partial charge in [0, 0.05) is 18.0 Å². The fourth-order valence-corrected chi connectivity index (χ4v) is 2.85. The van der Waals surface area contributed by atoms with E-state index in [1.54, 1.807) is 24.3 Å². The maximum absolute atomic E-state index is 11.9. The molecule has 0 unspecified atom stereocenters. The lowest BCUT2D eigenvalue weighted by molar-refractivity contribution is -0.116. The lowest BCUT2D eigenvalue weighted by Gasteiger charge is -2.14. The lowest BCUT2D eigenvalue weighted by atomic mass is 10.2. The Labute approximate surface area is 139 Å². The van der Waals surface area contributed by atoms with E-state index >= 15 is 0 Å². The number of hydrogen-bond acceptors (Lipinski definition) is 5. The second-order valence-corrected chi connectivity index (χ2v) is 6.20. The molecule has 6 nitrogen and oxygen atoms in total. The zero-order valence-electron chi connectivity index (χ0n) is 13.0. The highest BCUT2D eigenvalue weighted by molar-refractivity contribution is 8.13. The largest absolute Gasteiger partial charge is 0.462 e. The zero-order valence-corrected chi connectivity index (χ0v) is 13.9. The van der Waals surface area contributed by atoms with Gasteiger partial charge >= 0.3 is 5.97 Å². The summed E-state index contributed by atoms with van der Waals surface area (Å²) in [5, 5.41) is 2.65. The predicted octanol–water partition coefficient (Wildman–Crippen LogP) is 2.75. The van der Waals surface area contributed by atoms with Crippen molar-refractivity contribution >= 4 is 34.6 Å². The molecule has 1 aromatic rings. The predicted molar refractivity (Wildman–Crippen MR) is 89.7 cm³/mol. The number of benzene rings is 1. The molecule has 0 bridgehead atoms. The van der Waals surface area contributed by atoms with Crippen LogP contribution in [0.15, 0.2) is 24.3 Å². The quantitative estimate of drug-likeness (QED) is 0.612. The van der Waals surface area contributed by atoms with E-state index in [2.05, 4.69) is 5.32 Å². The standard InChI is InChI=1S/C16H20N2O4S/c1-2-3-9-22-15(20)12-4-6-13(7-5-12)17-14(19)11-18-8-10-23-16(18)21/h4-7H,2-3,8-11H2,1H3,(H,17,19). The van der Waals surface area contributed by atoms with Gasteiger partial charge in [-0.15, -0.1) is 0 Å². The summed E-state index contributed by atoms with van der Waals surface area (Å²) in [5.41, 5.74) is 1.03. The first-order chi connectivity index (χ1) is 11.1. The van der Waals surface area contributed by atoms with Gasteiger partial charge in [0.2, 0.25) is 5.91 Å². The molecule has 124 valence electrons. The molecule has 2 rings (SSSR count). The Morgan fingerprint density at radius 1 is 1.30 bits per heavy atom. The van der Waals surface area contributed by atoms with E-state index in [9.17, 15) is 14.4 Å². The minimum Gasteiger partial charge on any atom is -0.462 e. The number of anilines is 1. The van der Waals surface area contributed by atoms with Gasteiger partial charge < -0.3 is 15.0 Å². The molecule has 2 amide bonds. The van der Waals surface area contributed by atoms with E-state index in [1.807, 2.05) is 6.92 Å². The van der Waals surface area contributed by atoms with Gasteiger partial charge in [-0.2, -0.15) is 0 Å². The van der Waals surface area contributed by atoms with Crippen molar-refractivity contribution in [3.63, 3.8) is 0 Å². The summed E-state index contributed by atoms with van der Waals surface area (Å²) >= 11 is 1.22. The minimum atomic E-state index is -0.365. The normalized spacial score (nSPS) is 14.0. The number of carbonyl (C=O) groups excluding carboxylic acids is 3. The van der Waals surface area contributed by atoms with Gasteiger partial charge in [0.1, 0.15) is 6.54 Å². The Morgan fingerprint density at radius 3 is 2.65 bits per heavy atom. The van der Waals surface area contributed by atoms with Crippen molar-refractivity contribution in [3.8, 4) is 0 Å². The summed E-state index contributed by atoms with van der Waals surface area (Å²) in [5.74, 6) is 0.108. The minimum absolute atomic E-state index is 0.0483. The first-order valence-electron chi connectivity index (χ1n) is 7.59. The third-order valence-electron chi connectivity index (χ3n) is 3.31. The monoisotopic (exact) mass is 336 g/mol. The van der Waals surface area contributed by atoms with E-state index in [0.717, 1.165) is 18.6 Å². The summed E-state index contributed by atoms with van der Waals surface area (Å²) in [4.78, 5) is 36.6. The third-order valence-corrected chi connectivity index (χ3v) is 4.21. The number of hydrogen-bond donors (Lipinski definition) is 1. The number of rotatable bonds is 7. The maximum Gasteiger partial charge on any atom is 0.338 e. The third kappa shape index (κ3) is 5.28. The Hall–Kier alpha value is -2.02. The van der Waals surface area contributed by atoms with Gasteiger partial charge in [0.25, 0.3) is 5.24 Å². The van der Waals surface area contributed by atoms with E-state index in [0.29, 0.717) is 24.4 Å². The summed E-state index contributed by atoms with van der Waals surface area (Å²) in [6.07, 6.45) is 1.81. The Morgan fingerprint density at radius 2 is 2.04 bits per heavy atom. The summed E-state index contributed by atoms with van der Waals surface area (Å²) < 4.78 is 5.12. The van der Waals surface area contributed by atoms with Crippen LogP contribution >= 0.6 is 11.8 Å². The molecule has 1 aromatic carbocycles. The van der Waals surface area contributed by atoms with Crippen molar-refractivity contribution < 1.29 is 19.1 Å². The van der Waals surface area contributed by atoms with E-state index < -0.39 is 0 Å². The molecular weight excluding hydrogens is 316 g/mol. The first kappa shape index (κ1) is 17.3. The molecule has 1 N–H and O–H groups in total. The van der Waals surface area contributed by atoms with Crippen LogP contribution in [-0.2, 0) is 9.53 Å². The van der Waals surface area contributed by atoms with Gasteiger partial charge in [-0.3, -0.25) is 9.59 Å². The highest BCUT2D eigenvalue weighted by atomic mass is 32.2. The number of thioether (sulfide) groups is 1. The second kappa shape index (κ2) is 8.57. The average molecular weight is 336 g/mol. The van der Waals surface area contributed by atoms with Crippen LogP contribution in [0.3, 0.4) is 0 Å². The number of ether oxygens (including phenoxy) is 1. The molecule has 0 saturated carbocycles. The molecule has 0 aliphatic carbocycles. The van der Waals surface area contributed by atoms with E-state index in [1.165, 1.54) is 16.7 Å². The molecule has 1 heterocycles. The van der Waals surface area contributed by atoms with Crippen LogP contribution in [0, 0.1) is 0 Å². The number of carbonyl (C=O) groups is 3. The molecule has 0 radical (unpaired) electrons. The molecule has 0 aromatic heterocycles. The molecule has 1 saturated heterocycles. The van der Waals surface area contributed by atoms with Crippen LogP contribution in [0.25, 0.3) is 0 Å². The number of amides is 2. The molecular formula is C16H20N2O4S. The summed E-state index contributed by atoms with van der Waals surface area (Å²) in [6.45, 7) is 3.08. The molecule has 1 fully saturated rings. The van der Waals surface area contributed by atoms with Crippen molar-refractivity contribution in [2.45, 2.75) is 19.8 Å². The van der Waals surface area contributed by atoms with Gasteiger partial charge in [0.05, 0.1) is 12.2 Å². The fraction of sp³-hybridized carbons (Fsp3) is 0.438. The van der Waals surface area contributed by atoms with Gasteiger partial charge in [-0.25, -0.2) is 4.79 Å². The lowest BCUT2D eigenvalue weighted by Crippen LogP contribution is -2.33. The molecule has 1 aliphatic heterocycles. The van der Waals surface area contributed by atoms with Crippen LogP contribution in [0.1, 0.15) is 30.1 Å². The van der Waals surface area contributed by atoms with Crippen LogP contribution in [0.5, 0.6) is 0 Å². The van der Waals surface area contributed by atoms with Crippen molar-refractivity contribution in [1.29, 1.82) is 0 Å². The van der Waals surface area contributed by atoms with Crippen molar-refractivity contribution in [3.05, 3.63) is 29.8 Å². The average Bonchev–Trinajstić information content (AvgIpc) is 2.93. The Kier molecular flexibility index (Phi) is 6.46. The summed E-state index contributed by atoms with van der Waals surface area (Å²) in [6, 6.07) is 6.52. The van der Waals surface area contributed by atoms with Crippen LogP contribution < -0.4 is 5.32 Å². The maximum atomic E-state index is 11.9. The second-order valence-electron chi connectivity index (χ2n) is 5.15. The van der Waals surface area contributed by atoms with Gasteiger partial charge in [0.15, 0.2) is 0 Å². The smallest absolute Gasteiger partial charge is 0.338 e. The summed E-state index contributed by atoms with van der Waals surface area (Å²) in [7, 11) is 0. The van der Waals surface area contributed by atoms with Crippen molar-refractivity contribution in [1.82, 2.24) is 4.90 Å². The molecule has 1 aliphatic rings. The highest BCUT2D eigenvalue weighted by Crippen LogP contribution is 2.17. The fourth-order valence-electron chi connectivity index (χ4n) is 2.03. The molecule has 7 heteroatoms. The van der Waals surface area contributed by atoms with Crippen LogP contribution in [-0.4, -0.2) is 47.5 Å². The van der Waals surface area contributed by atoms with Crippen LogP contribution in [0.4, 0.5) is 10.5 Å². The Balaban J connectivity index is 1.83. The first-order valence-corrected chi connectivity index (χ1v) is 8.57. The van der Waals surface area contributed by atoms with Crippen LogP contribution in [0.2, 0.25) is 0 Å². The Bertz CT molecular complexity index is 574. The number of nitrogens with zero attached hydrogens (tertiary/aromatic N) is 1. The molecule has 0 spiro atoms. The molecule has 23 heavy (non-hydrogen) atoms. The highest BCUT2D eigenvalue weighted by Gasteiger charge is 2.23.